The van der Waals surface area contributed by atoms with Gasteiger partial charge in [0.15, 0.2) is 11.5 Å². The maximum absolute atomic E-state index is 12.7. The Balaban J connectivity index is 1.64. The van der Waals surface area contributed by atoms with Crippen LogP contribution in [0.3, 0.4) is 0 Å². The van der Waals surface area contributed by atoms with Gasteiger partial charge in [-0.15, -0.1) is 6.42 Å². The third-order valence-electron chi connectivity index (χ3n) is 4.23. The summed E-state index contributed by atoms with van der Waals surface area (Å²) in [7, 11) is -3.88. The molecule has 162 valence electrons. The van der Waals surface area contributed by atoms with Crippen LogP contribution in [0.2, 0.25) is 0 Å². The van der Waals surface area contributed by atoms with Gasteiger partial charge in [-0.05, 0) is 36.4 Å². The quantitative estimate of drug-likeness (QED) is 0.552. The molecule has 0 saturated carbocycles. The summed E-state index contributed by atoms with van der Waals surface area (Å²) < 4.78 is 38.9. The van der Waals surface area contributed by atoms with E-state index in [1.165, 1.54) is 36.4 Å². The van der Waals surface area contributed by atoms with Crippen LogP contribution in [-0.4, -0.2) is 46.5 Å². The second-order valence-corrected chi connectivity index (χ2v) is 8.19. The Kier molecular flexibility index (Phi) is 6.99. The highest BCUT2D eigenvalue weighted by Crippen LogP contribution is 2.32. The van der Waals surface area contributed by atoms with Crippen LogP contribution in [0.15, 0.2) is 47.4 Å². The van der Waals surface area contributed by atoms with E-state index in [0.29, 0.717) is 31.1 Å². The highest BCUT2D eigenvalue weighted by molar-refractivity contribution is 7.92. The van der Waals surface area contributed by atoms with E-state index in [4.69, 9.17) is 15.9 Å². The second kappa shape index (κ2) is 9.86. The van der Waals surface area contributed by atoms with E-state index in [1.807, 2.05) is 0 Å². The number of carbonyl (C=O) groups is 2. The molecular formula is C21H21N3O6S. The first kappa shape index (κ1) is 22.0. The number of nitrogens with one attached hydrogen (secondary N) is 3. The molecule has 2 aromatic rings. The van der Waals surface area contributed by atoms with Gasteiger partial charge in [-0.2, -0.15) is 0 Å². The zero-order valence-electron chi connectivity index (χ0n) is 16.5. The lowest BCUT2D eigenvalue weighted by Gasteiger charge is -2.12. The first-order valence-corrected chi connectivity index (χ1v) is 10.9. The summed E-state index contributed by atoms with van der Waals surface area (Å²) in [6.45, 7) is 0.803. The third-order valence-corrected chi connectivity index (χ3v) is 5.60. The molecule has 0 aromatic heterocycles. The molecule has 0 atom stereocenters. The molecule has 3 N–H and O–H groups in total. The molecule has 0 bridgehead atoms. The summed E-state index contributed by atoms with van der Waals surface area (Å²) in [5.74, 6) is 2.24. The van der Waals surface area contributed by atoms with Crippen LogP contribution < -0.4 is 24.8 Å². The highest BCUT2D eigenvalue weighted by Gasteiger charge is 2.19. The lowest BCUT2D eigenvalue weighted by molar-refractivity contribution is -0.119. The number of fused-ring (bicyclic) bond motifs is 1. The van der Waals surface area contributed by atoms with E-state index >= 15 is 0 Å². The first-order chi connectivity index (χ1) is 14.9. The Morgan fingerprint density at radius 2 is 1.71 bits per heavy atom. The molecule has 10 heteroatoms. The molecule has 0 radical (unpaired) electrons. The van der Waals surface area contributed by atoms with E-state index in [9.17, 15) is 18.0 Å². The van der Waals surface area contributed by atoms with Crippen molar-refractivity contribution in [3.63, 3.8) is 0 Å². The fraction of sp³-hybridized carbons (Fsp3) is 0.238. The zero-order valence-corrected chi connectivity index (χ0v) is 17.3. The summed E-state index contributed by atoms with van der Waals surface area (Å²) in [5, 5.41) is 4.88. The van der Waals surface area contributed by atoms with Crippen LogP contribution in [0.1, 0.15) is 16.8 Å². The van der Waals surface area contributed by atoms with Crippen molar-refractivity contribution in [3.05, 3.63) is 48.0 Å². The largest absolute Gasteiger partial charge is 0.490 e. The summed E-state index contributed by atoms with van der Waals surface area (Å²) in [5.41, 5.74) is 0.540. The maximum atomic E-state index is 12.7. The van der Waals surface area contributed by atoms with Gasteiger partial charge in [0.25, 0.3) is 15.9 Å². The van der Waals surface area contributed by atoms with Gasteiger partial charge >= 0.3 is 0 Å². The lowest BCUT2D eigenvalue weighted by Crippen LogP contribution is -2.37. The van der Waals surface area contributed by atoms with Crippen molar-refractivity contribution >= 4 is 27.5 Å². The molecule has 0 fully saturated rings. The van der Waals surface area contributed by atoms with Gasteiger partial charge in [0.05, 0.1) is 31.2 Å². The van der Waals surface area contributed by atoms with Gasteiger partial charge in [0.2, 0.25) is 5.91 Å². The molecule has 0 spiro atoms. The Morgan fingerprint density at radius 3 is 2.42 bits per heavy atom. The number of terminal acetylenes is 1. The van der Waals surface area contributed by atoms with Crippen LogP contribution in [0.25, 0.3) is 0 Å². The average molecular weight is 443 g/mol. The summed E-state index contributed by atoms with van der Waals surface area (Å²) >= 11 is 0. The minimum absolute atomic E-state index is 0.0246. The molecule has 31 heavy (non-hydrogen) atoms. The minimum Gasteiger partial charge on any atom is -0.490 e. The number of hydrogen-bond acceptors (Lipinski definition) is 6. The van der Waals surface area contributed by atoms with E-state index < -0.39 is 21.8 Å². The lowest BCUT2D eigenvalue weighted by atomic mass is 10.2. The first-order valence-electron chi connectivity index (χ1n) is 9.40. The number of amides is 2. The molecule has 1 aliphatic heterocycles. The molecule has 0 aliphatic carbocycles. The second-order valence-electron chi connectivity index (χ2n) is 6.51. The summed E-state index contributed by atoms with van der Waals surface area (Å²) in [4.78, 5) is 23.6. The van der Waals surface area contributed by atoms with Gasteiger partial charge in [0.1, 0.15) is 0 Å². The Hall–Kier alpha value is -3.71. The fourth-order valence-electron chi connectivity index (χ4n) is 2.69. The van der Waals surface area contributed by atoms with Gasteiger partial charge in [0, 0.05) is 23.7 Å². The Bertz CT molecular complexity index is 1110. The van der Waals surface area contributed by atoms with Crippen LogP contribution in [0, 0.1) is 12.3 Å². The SMILES string of the molecule is C#CCNC(=O)CNC(=O)c1ccc(NS(=O)(=O)c2ccc3c(c2)OCCCO3)cc1. The molecule has 1 heterocycles. The number of benzene rings is 2. The number of carbonyl (C=O) groups excluding carboxylic acids is 2. The molecule has 2 aromatic carbocycles. The van der Waals surface area contributed by atoms with Crippen LogP contribution in [0.5, 0.6) is 11.5 Å². The van der Waals surface area contributed by atoms with Crippen LogP contribution >= 0.6 is 0 Å². The molecule has 3 rings (SSSR count). The van der Waals surface area contributed by atoms with Gasteiger partial charge in [-0.1, -0.05) is 5.92 Å². The van der Waals surface area contributed by atoms with Crippen molar-refractivity contribution in [1.29, 1.82) is 0 Å². The summed E-state index contributed by atoms with van der Waals surface area (Å²) in [6, 6.07) is 10.2. The fourth-order valence-corrected chi connectivity index (χ4v) is 3.76. The predicted octanol–water partition coefficient (Wildman–Crippen LogP) is 1.13. The Morgan fingerprint density at radius 1 is 1.00 bits per heavy atom. The molecular weight excluding hydrogens is 422 g/mol. The van der Waals surface area contributed by atoms with Crippen molar-refractivity contribution in [1.82, 2.24) is 10.6 Å². The number of rotatable bonds is 7. The smallest absolute Gasteiger partial charge is 0.262 e. The summed E-state index contributed by atoms with van der Waals surface area (Å²) in [6.07, 6.45) is 5.76. The predicted molar refractivity (Wildman–Crippen MR) is 113 cm³/mol. The topological polar surface area (TPSA) is 123 Å². The number of anilines is 1. The molecule has 2 amide bonds. The van der Waals surface area contributed by atoms with Crippen molar-refractivity contribution in [2.24, 2.45) is 0 Å². The zero-order chi connectivity index (χ0) is 22.3. The van der Waals surface area contributed by atoms with Crippen LogP contribution in [0.4, 0.5) is 5.69 Å². The van der Waals surface area contributed by atoms with E-state index in [1.54, 1.807) is 6.07 Å². The third kappa shape index (κ3) is 5.90. The normalized spacial score (nSPS) is 12.7. The number of sulfonamides is 1. The highest BCUT2D eigenvalue weighted by atomic mass is 32.2. The number of ether oxygens (including phenoxy) is 2. The van der Waals surface area contributed by atoms with Crippen molar-refractivity contribution in [3.8, 4) is 23.8 Å². The maximum Gasteiger partial charge on any atom is 0.262 e. The van der Waals surface area contributed by atoms with Crippen molar-refractivity contribution in [2.45, 2.75) is 11.3 Å². The molecule has 9 nitrogen and oxygen atoms in total. The standard InChI is InChI=1S/C21H21N3O6S/c1-2-10-22-20(25)14-23-21(26)15-4-6-16(7-5-15)24-31(27,28)17-8-9-18-19(13-17)30-12-3-11-29-18/h1,4-9,13,24H,3,10-12,14H2,(H,22,25)(H,23,26). The monoisotopic (exact) mass is 443 g/mol. The molecule has 0 saturated heterocycles. The van der Waals surface area contributed by atoms with Gasteiger partial charge in [-0.3, -0.25) is 14.3 Å². The average Bonchev–Trinajstić information content (AvgIpc) is 3.01. The van der Waals surface area contributed by atoms with Crippen LogP contribution in [-0.2, 0) is 14.8 Å². The van der Waals surface area contributed by atoms with E-state index in [0.717, 1.165) is 0 Å². The Labute approximate surface area is 180 Å². The van der Waals surface area contributed by atoms with E-state index in [-0.39, 0.29) is 29.2 Å². The molecule has 1 aliphatic rings. The minimum atomic E-state index is -3.88. The molecule has 0 unspecified atom stereocenters. The van der Waals surface area contributed by atoms with E-state index in [2.05, 4.69) is 21.3 Å². The van der Waals surface area contributed by atoms with Crippen molar-refractivity contribution < 1.29 is 27.5 Å². The van der Waals surface area contributed by atoms with Crippen molar-refractivity contribution in [2.75, 3.05) is 31.0 Å². The van der Waals surface area contributed by atoms with Gasteiger partial charge in [-0.25, -0.2) is 8.42 Å². The van der Waals surface area contributed by atoms with Gasteiger partial charge < -0.3 is 20.1 Å². The number of hydrogen-bond donors (Lipinski definition) is 3.